The summed E-state index contributed by atoms with van der Waals surface area (Å²) in [6.07, 6.45) is -3.24. The number of hydrogen-bond donors (Lipinski definition) is 1. The number of hydrogen-bond acceptors (Lipinski definition) is 5. The van der Waals surface area contributed by atoms with E-state index in [1.165, 1.54) is 19.9 Å². The molecule has 1 aliphatic rings. The monoisotopic (exact) mass is 393 g/mol. The van der Waals surface area contributed by atoms with Gasteiger partial charge in [-0.15, -0.1) is 0 Å². The number of halogens is 4. The minimum Gasteiger partial charge on any atom is -0.381 e. The second-order valence-corrected chi connectivity index (χ2v) is 5.52. The molecule has 0 saturated heterocycles. The van der Waals surface area contributed by atoms with Gasteiger partial charge < -0.3 is 4.74 Å². The van der Waals surface area contributed by atoms with Crippen LogP contribution < -0.4 is 5.43 Å². The molecule has 10 heteroatoms. The number of rotatable bonds is 8. The fraction of sp³-hybridized carbons (Fsp3) is 0.438. The van der Waals surface area contributed by atoms with E-state index in [9.17, 15) is 22.8 Å². The Morgan fingerprint density at radius 1 is 1.38 bits per heavy atom. The SMILES string of the molecule is C=C(/C(Cl)=N\C(=C/C)NN1C(=O)C(C)=C(CCOCC)C1=O)C(F)(F)F. The molecule has 1 heterocycles. The Labute approximate surface area is 154 Å². The van der Waals surface area contributed by atoms with Crippen molar-refractivity contribution in [2.75, 3.05) is 13.2 Å². The van der Waals surface area contributed by atoms with E-state index in [1.54, 1.807) is 6.92 Å². The third-order valence-corrected chi connectivity index (χ3v) is 3.76. The van der Waals surface area contributed by atoms with Gasteiger partial charge in [-0.25, -0.2) is 4.99 Å². The molecule has 0 fully saturated rings. The number of allylic oxidation sites excluding steroid dienone is 2. The van der Waals surface area contributed by atoms with Crippen LogP contribution in [0.5, 0.6) is 0 Å². The molecule has 1 N–H and O–H groups in total. The molecular weight excluding hydrogens is 375 g/mol. The number of hydrazine groups is 1. The zero-order chi connectivity index (χ0) is 20.1. The lowest BCUT2D eigenvalue weighted by atomic mass is 10.1. The summed E-state index contributed by atoms with van der Waals surface area (Å²) in [5, 5.41) is -0.228. The van der Waals surface area contributed by atoms with Gasteiger partial charge in [-0.3, -0.25) is 15.0 Å². The summed E-state index contributed by atoms with van der Waals surface area (Å²) < 4.78 is 42.9. The highest BCUT2D eigenvalue weighted by atomic mass is 35.5. The zero-order valence-corrected chi connectivity index (χ0v) is 15.3. The van der Waals surface area contributed by atoms with E-state index >= 15 is 0 Å². The van der Waals surface area contributed by atoms with E-state index in [-0.39, 0.29) is 30.0 Å². The molecule has 0 bridgehead atoms. The third-order valence-electron chi connectivity index (χ3n) is 3.45. The molecule has 0 aromatic carbocycles. The van der Waals surface area contributed by atoms with Crippen LogP contribution in [-0.2, 0) is 14.3 Å². The largest absolute Gasteiger partial charge is 0.418 e. The van der Waals surface area contributed by atoms with E-state index in [1.807, 2.05) is 0 Å². The fourth-order valence-corrected chi connectivity index (χ4v) is 2.16. The van der Waals surface area contributed by atoms with Crippen molar-refractivity contribution in [2.45, 2.75) is 33.4 Å². The predicted molar refractivity (Wildman–Crippen MR) is 91.0 cm³/mol. The molecule has 0 aromatic heterocycles. The van der Waals surface area contributed by atoms with E-state index in [0.717, 1.165) is 0 Å². The summed E-state index contributed by atoms with van der Waals surface area (Å²) in [4.78, 5) is 28.1. The van der Waals surface area contributed by atoms with Crippen LogP contribution >= 0.6 is 11.6 Å². The van der Waals surface area contributed by atoms with Crippen molar-refractivity contribution in [1.82, 2.24) is 10.4 Å². The quantitative estimate of drug-likeness (QED) is 0.390. The number of alkyl halides is 3. The topological polar surface area (TPSA) is 71.0 Å². The maximum Gasteiger partial charge on any atom is 0.418 e. The third kappa shape index (κ3) is 5.18. The first-order chi connectivity index (χ1) is 12.0. The second kappa shape index (κ2) is 9.00. The van der Waals surface area contributed by atoms with Crippen molar-refractivity contribution in [3.63, 3.8) is 0 Å². The summed E-state index contributed by atoms with van der Waals surface area (Å²) in [7, 11) is 0. The van der Waals surface area contributed by atoms with Gasteiger partial charge in [0.2, 0.25) is 0 Å². The maximum absolute atomic E-state index is 12.6. The molecule has 0 atom stereocenters. The normalized spacial score (nSPS) is 16.7. The first-order valence-electron chi connectivity index (χ1n) is 7.64. The molecule has 1 rings (SSSR count). The number of amides is 2. The van der Waals surface area contributed by atoms with Gasteiger partial charge in [0.1, 0.15) is 11.0 Å². The molecule has 144 valence electrons. The number of nitrogens with one attached hydrogen (secondary N) is 1. The van der Waals surface area contributed by atoms with Gasteiger partial charge in [-0.1, -0.05) is 18.2 Å². The Bertz CT molecular complexity index is 697. The summed E-state index contributed by atoms with van der Waals surface area (Å²) in [5.41, 5.74) is 1.54. The van der Waals surface area contributed by atoms with Crippen molar-refractivity contribution in [3.05, 3.63) is 35.2 Å². The van der Waals surface area contributed by atoms with Gasteiger partial charge >= 0.3 is 6.18 Å². The van der Waals surface area contributed by atoms with Gasteiger partial charge in [0.25, 0.3) is 11.8 Å². The van der Waals surface area contributed by atoms with Crippen LogP contribution in [0.15, 0.2) is 40.2 Å². The number of nitrogens with zero attached hydrogens (tertiary/aromatic N) is 2. The zero-order valence-electron chi connectivity index (χ0n) is 14.5. The van der Waals surface area contributed by atoms with E-state index in [0.29, 0.717) is 11.6 Å². The van der Waals surface area contributed by atoms with E-state index in [4.69, 9.17) is 16.3 Å². The molecule has 0 radical (unpaired) electrons. The fourth-order valence-electron chi connectivity index (χ4n) is 1.96. The standard InChI is InChI=1S/C16H19ClF3N3O3/c1-5-12(21-13(17)10(4)16(18,19)20)22-23-14(24)9(3)11(15(23)25)7-8-26-6-2/h5,22H,4,6-8H2,1-3H3/b12-5+,21-13+. The predicted octanol–water partition coefficient (Wildman–Crippen LogP) is 3.22. The van der Waals surface area contributed by atoms with Crippen LogP contribution in [0.3, 0.4) is 0 Å². The highest BCUT2D eigenvalue weighted by molar-refractivity contribution is 6.69. The van der Waals surface area contributed by atoms with Crippen LogP contribution in [0.1, 0.15) is 27.2 Å². The van der Waals surface area contributed by atoms with E-state index < -0.39 is 28.7 Å². The van der Waals surface area contributed by atoms with Crippen LogP contribution in [0.25, 0.3) is 0 Å². The summed E-state index contributed by atoms with van der Waals surface area (Å²) in [6.45, 7) is 8.30. The van der Waals surface area contributed by atoms with Crippen molar-refractivity contribution in [2.24, 2.45) is 4.99 Å². The molecule has 26 heavy (non-hydrogen) atoms. The Morgan fingerprint density at radius 2 is 2.00 bits per heavy atom. The van der Waals surface area contributed by atoms with Gasteiger partial charge in [0.05, 0.1) is 12.2 Å². The molecule has 0 aromatic rings. The summed E-state index contributed by atoms with van der Waals surface area (Å²) in [6, 6.07) is 0. The highest BCUT2D eigenvalue weighted by Crippen LogP contribution is 2.27. The van der Waals surface area contributed by atoms with Gasteiger partial charge in [-0.05, 0) is 26.8 Å². The number of aliphatic imine (C=N–C) groups is 1. The second-order valence-electron chi connectivity index (χ2n) is 5.16. The Hall–Kier alpha value is -2.13. The van der Waals surface area contributed by atoms with Crippen molar-refractivity contribution < 1.29 is 27.5 Å². The molecule has 2 amide bonds. The van der Waals surface area contributed by atoms with Crippen LogP contribution in [0.4, 0.5) is 13.2 Å². The Balaban J connectivity index is 2.92. The van der Waals surface area contributed by atoms with Crippen molar-refractivity contribution >= 4 is 28.6 Å². The molecule has 0 aliphatic carbocycles. The average molecular weight is 394 g/mol. The lowest BCUT2D eigenvalue weighted by molar-refractivity contribution is -0.140. The summed E-state index contributed by atoms with van der Waals surface area (Å²) >= 11 is 5.52. The number of carbonyl (C=O) groups excluding carboxylic acids is 2. The Morgan fingerprint density at radius 3 is 2.50 bits per heavy atom. The average Bonchev–Trinajstić information content (AvgIpc) is 2.77. The molecular formula is C16H19ClF3N3O3. The molecule has 6 nitrogen and oxygen atoms in total. The lowest BCUT2D eigenvalue weighted by Gasteiger charge is -2.18. The first-order valence-corrected chi connectivity index (χ1v) is 8.02. The van der Waals surface area contributed by atoms with E-state index in [2.05, 4.69) is 17.0 Å². The molecule has 0 saturated carbocycles. The van der Waals surface area contributed by atoms with Crippen molar-refractivity contribution in [1.29, 1.82) is 0 Å². The van der Waals surface area contributed by atoms with Crippen LogP contribution in [-0.4, -0.2) is 41.4 Å². The van der Waals surface area contributed by atoms with Gasteiger partial charge in [0.15, 0.2) is 0 Å². The highest BCUT2D eigenvalue weighted by Gasteiger charge is 2.37. The minimum atomic E-state index is -4.75. The maximum atomic E-state index is 12.6. The molecule has 1 aliphatic heterocycles. The number of carbonyl (C=O) groups is 2. The smallest absolute Gasteiger partial charge is 0.381 e. The van der Waals surface area contributed by atoms with Gasteiger partial charge in [0, 0.05) is 24.2 Å². The number of ether oxygens (including phenoxy) is 1. The Kier molecular flexibility index (Phi) is 7.58. The van der Waals surface area contributed by atoms with Crippen LogP contribution in [0, 0.1) is 0 Å². The minimum absolute atomic E-state index is 0.207. The number of imide groups is 1. The molecule has 0 unspecified atom stereocenters. The lowest BCUT2D eigenvalue weighted by Crippen LogP contribution is -2.43. The van der Waals surface area contributed by atoms with Gasteiger partial charge in [-0.2, -0.15) is 18.2 Å². The van der Waals surface area contributed by atoms with Crippen LogP contribution in [0.2, 0.25) is 0 Å². The van der Waals surface area contributed by atoms with Crippen molar-refractivity contribution in [3.8, 4) is 0 Å². The first kappa shape index (κ1) is 21.9. The summed E-state index contributed by atoms with van der Waals surface area (Å²) in [5.74, 6) is -1.45. The molecule has 0 spiro atoms.